The predicted octanol–water partition coefficient (Wildman–Crippen LogP) is 1.64. The van der Waals surface area contributed by atoms with Crippen molar-refractivity contribution in [3.8, 4) is 0 Å². The van der Waals surface area contributed by atoms with E-state index in [2.05, 4.69) is 17.4 Å². The molecular formula is C15H16N2O2. The van der Waals surface area contributed by atoms with Crippen molar-refractivity contribution in [3.05, 3.63) is 59.0 Å². The van der Waals surface area contributed by atoms with Gasteiger partial charge in [-0.2, -0.15) is 0 Å². The molecule has 0 atom stereocenters. The summed E-state index contributed by atoms with van der Waals surface area (Å²) in [5.74, 6) is 0.786. The van der Waals surface area contributed by atoms with E-state index in [4.69, 9.17) is 10.2 Å². The highest BCUT2D eigenvalue weighted by atomic mass is 16.4. The van der Waals surface area contributed by atoms with E-state index in [1.54, 1.807) is 12.1 Å². The summed E-state index contributed by atoms with van der Waals surface area (Å²) >= 11 is 0. The summed E-state index contributed by atoms with van der Waals surface area (Å²) in [7, 11) is 0. The topological polar surface area (TPSA) is 68.3 Å². The van der Waals surface area contributed by atoms with Gasteiger partial charge >= 0.3 is 0 Å². The molecule has 1 heterocycles. The van der Waals surface area contributed by atoms with Gasteiger partial charge in [0, 0.05) is 6.04 Å². The Hall–Kier alpha value is -2.07. The molecule has 0 radical (unpaired) electrons. The Balaban J connectivity index is 1.66. The van der Waals surface area contributed by atoms with Crippen LogP contribution in [0, 0.1) is 0 Å². The van der Waals surface area contributed by atoms with Crippen LogP contribution in [0.15, 0.2) is 40.8 Å². The summed E-state index contributed by atoms with van der Waals surface area (Å²) in [5, 5.41) is 3.01. The highest BCUT2D eigenvalue weighted by Gasteiger charge is 2.23. The highest BCUT2D eigenvalue weighted by Crippen LogP contribution is 2.22. The van der Waals surface area contributed by atoms with Crippen molar-refractivity contribution in [2.24, 2.45) is 5.73 Å². The Labute approximate surface area is 111 Å². The molecule has 0 fully saturated rings. The van der Waals surface area contributed by atoms with E-state index >= 15 is 0 Å². The molecule has 0 bridgehead atoms. The molecule has 0 saturated heterocycles. The third-order valence-electron chi connectivity index (χ3n) is 3.47. The molecule has 0 saturated carbocycles. The van der Waals surface area contributed by atoms with E-state index in [-0.39, 0.29) is 11.9 Å². The maximum absolute atomic E-state index is 12.0. The Morgan fingerprint density at radius 2 is 1.89 bits per heavy atom. The molecule has 0 unspecified atom stereocenters. The third kappa shape index (κ3) is 2.39. The van der Waals surface area contributed by atoms with Crippen LogP contribution in [0.3, 0.4) is 0 Å². The fourth-order valence-electron chi connectivity index (χ4n) is 2.53. The Kier molecular flexibility index (Phi) is 3.09. The summed E-state index contributed by atoms with van der Waals surface area (Å²) in [4.78, 5) is 12.0. The molecule has 1 aromatic carbocycles. The Bertz CT molecular complexity index is 579. The molecule has 19 heavy (non-hydrogen) atoms. The smallest absolute Gasteiger partial charge is 0.287 e. The maximum atomic E-state index is 12.0. The summed E-state index contributed by atoms with van der Waals surface area (Å²) < 4.78 is 5.34. The summed E-state index contributed by atoms with van der Waals surface area (Å²) in [6.45, 7) is 0.308. The van der Waals surface area contributed by atoms with Crippen molar-refractivity contribution in [2.75, 3.05) is 0 Å². The van der Waals surface area contributed by atoms with Gasteiger partial charge in [0.25, 0.3) is 5.91 Å². The number of carbonyl (C=O) groups excluding carboxylic acids is 1. The lowest BCUT2D eigenvalue weighted by atomic mass is 10.1. The zero-order chi connectivity index (χ0) is 13.2. The highest BCUT2D eigenvalue weighted by molar-refractivity contribution is 5.91. The largest absolute Gasteiger partial charge is 0.455 e. The number of hydrogen-bond acceptors (Lipinski definition) is 3. The Morgan fingerprint density at radius 1 is 1.21 bits per heavy atom. The molecule has 4 heteroatoms. The maximum Gasteiger partial charge on any atom is 0.287 e. The first-order valence-corrected chi connectivity index (χ1v) is 6.42. The molecule has 1 amide bonds. The number of carbonyl (C=O) groups is 1. The molecule has 0 aliphatic heterocycles. The number of fused-ring (bicyclic) bond motifs is 1. The van der Waals surface area contributed by atoms with Crippen molar-refractivity contribution in [1.82, 2.24) is 5.32 Å². The monoisotopic (exact) mass is 256 g/mol. The second-order valence-corrected chi connectivity index (χ2v) is 4.82. The van der Waals surface area contributed by atoms with Crippen LogP contribution in [0.4, 0.5) is 0 Å². The summed E-state index contributed by atoms with van der Waals surface area (Å²) in [6, 6.07) is 11.8. The van der Waals surface area contributed by atoms with Crippen molar-refractivity contribution in [1.29, 1.82) is 0 Å². The number of rotatable bonds is 3. The number of benzene rings is 1. The molecule has 2 aromatic rings. The van der Waals surface area contributed by atoms with Gasteiger partial charge in [-0.05, 0) is 36.1 Å². The quantitative estimate of drug-likeness (QED) is 0.877. The van der Waals surface area contributed by atoms with Crippen LogP contribution in [0.25, 0.3) is 0 Å². The van der Waals surface area contributed by atoms with Crippen molar-refractivity contribution >= 4 is 5.91 Å². The average molecular weight is 256 g/mol. The lowest BCUT2D eigenvalue weighted by molar-refractivity contribution is 0.0909. The van der Waals surface area contributed by atoms with Gasteiger partial charge in [0.1, 0.15) is 5.76 Å². The molecular weight excluding hydrogens is 240 g/mol. The molecule has 1 aromatic heterocycles. The predicted molar refractivity (Wildman–Crippen MR) is 71.7 cm³/mol. The van der Waals surface area contributed by atoms with Gasteiger partial charge in [-0.3, -0.25) is 4.79 Å². The minimum absolute atomic E-state index is 0.149. The van der Waals surface area contributed by atoms with Crippen LogP contribution in [-0.4, -0.2) is 11.9 Å². The first kappa shape index (κ1) is 12.0. The van der Waals surface area contributed by atoms with E-state index in [1.807, 2.05) is 12.1 Å². The summed E-state index contributed by atoms with van der Waals surface area (Å²) in [5.41, 5.74) is 8.09. The lowest BCUT2D eigenvalue weighted by Crippen LogP contribution is -2.35. The van der Waals surface area contributed by atoms with Gasteiger partial charge in [0.15, 0.2) is 5.76 Å². The van der Waals surface area contributed by atoms with Crippen LogP contribution in [0.5, 0.6) is 0 Å². The standard InChI is InChI=1S/C15H16N2O2/c16-9-13-5-6-14(19-13)15(18)17-12-7-10-3-1-2-4-11(10)8-12/h1-6,12H,7-9,16H2,(H,17,18). The van der Waals surface area contributed by atoms with Crippen molar-refractivity contribution in [2.45, 2.75) is 25.4 Å². The molecule has 98 valence electrons. The second kappa shape index (κ2) is 4.90. The van der Waals surface area contributed by atoms with E-state index in [0.29, 0.717) is 18.1 Å². The molecule has 4 nitrogen and oxygen atoms in total. The number of nitrogens with one attached hydrogen (secondary N) is 1. The zero-order valence-electron chi connectivity index (χ0n) is 10.6. The summed E-state index contributed by atoms with van der Waals surface area (Å²) in [6.07, 6.45) is 1.76. The fraction of sp³-hybridized carbons (Fsp3) is 0.267. The molecule has 3 rings (SSSR count). The number of furan rings is 1. The first-order valence-electron chi connectivity index (χ1n) is 6.42. The average Bonchev–Trinajstić information content (AvgIpc) is 3.04. The van der Waals surface area contributed by atoms with Crippen LogP contribution in [0.2, 0.25) is 0 Å². The molecule has 0 spiro atoms. The van der Waals surface area contributed by atoms with Gasteiger partial charge in [-0.1, -0.05) is 24.3 Å². The van der Waals surface area contributed by atoms with Crippen LogP contribution >= 0.6 is 0 Å². The van der Waals surface area contributed by atoms with Crippen molar-refractivity contribution < 1.29 is 9.21 Å². The Morgan fingerprint density at radius 3 is 2.47 bits per heavy atom. The normalized spacial score (nSPS) is 14.4. The van der Waals surface area contributed by atoms with E-state index in [0.717, 1.165) is 12.8 Å². The van der Waals surface area contributed by atoms with Crippen LogP contribution < -0.4 is 11.1 Å². The van der Waals surface area contributed by atoms with E-state index in [1.165, 1.54) is 11.1 Å². The number of amides is 1. The minimum atomic E-state index is -0.169. The molecule has 1 aliphatic carbocycles. The third-order valence-corrected chi connectivity index (χ3v) is 3.47. The SMILES string of the molecule is NCc1ccc(C(=O)NC2Cc3ccccc3C2)o1. The first-order chi connectivity index (χ1) is 9.26. The fourth-order valence-corrected chi connectivity index (χ4v) is 2.53. The lowest BCUT2D eigenvalue weighted by Gasteiger charge is -2.10. The molecule has 3 N–H and O–H groups in total. The minimum Gasteiger partial charge on any atom is -0.455 e. The van der Waals surface area contributed by atoms with Crippen LogP contribution in [0.1, 0.15) is 27.4 Å². The van der Waals surface area contributed by atoms with E-state index < -0.39 is 0 Å². The second-order valence-electron chi connectivity index (χ2n) is 4.82. The number of nitrogens with two attached hydrogens (primary N) is 1. The van der Waals surface area contributed by atoms with Gasteiger partial charge in [0.2, 0.25) is 0 Å². The zero-order valence-corrected chi connectivity index (χ0v) is 10.6. The van der Waals surface area contributed by atoms with Gasteiger partial charge in [0.05, 0.1) is 6.54 Å². The van der Waals surface area contributed by atoms with E-state index in [9.17, 15) is 4.79 Å². The van der Waals surface area contributed by atoms with Gasteiger partial charge in [-0.15, -0.1) is 0 Å². The van der Waals surface area contributed by atoms with Crippen molar-refractivity contribution in [3.63, 3.8) is 0 Å². The number of hydrogen-bond donors (Lipinski definition) is 2. The van der Waals surface area contributed by atoms with Crippen LogP contribution in [-0.2, 0) is 19.4 Å². The molecule has 1 aliphatic rings. The van der Waals surface area contributed by atoms with Gasteiger partial charge < -0.3 is 15.5 Å². The van der Waals surface area contributed by atoms with Gasteiger partial charge in [-0.25, -0.2) is 0 Å².